The second kappa shape index (κ2) is 5.53. The maximum atomic E-state index is 4.75. The SMILES string of the molecule is CCNC(=NCc1ccon1)NC(C)(C)C. The predicted octanol–water partition coefficient (Wildman–Crippen LogP) is 1.53. The highest BCUT2D eigenvalue weighted by molar-refractivity contribution is 5.80. The van der Waals surface area contributed by atoms with E-state index in [1.165, 1.54) is 0 Å². The van der Waals surface area contributed by atoms with Gasteiger partial charge in [0.05, 0.1) is 6.54 Å². The van der Waals surface area contributed by atoms with E-state index in [1.54, 1.807) is 6.26 Å². The van der Waals surface area contributed by atoms with E-state index in [2.05, 4.69) is 41.6 Å². The van der Waals surface area contributed by atoms with E-state index in [0.717, 1.165) is 18.2 Å². The van der Waals surface area contributed by atoms with Crippen molar-refractivity contribution in [2.45, 2.75) is 39.8 Å². The summed E-state index contributed by atoms with van der Waals surface area (Å²) >= 11 is 0. The predicted molar refractivity (Wildman–Crippen MR) is 64.2 cm³/mol. The Morgan fingerprint density at radius 1 is 1.50 bits per heavy atom. The molecule has 5 heteroatoms. The van der Waals surface area contributed by atoms with Gasteiger partial charge in [-0.15, -0.1) is 0 Å². The van der Waals surface area contributed by atoms with Crippen molar-refractivity contribution < 1.29 is 4.52 Å². The highest BCUT2D eigenvalue weighted by Crippen LogP contribution is 2.00. The van der Waals surface area contributed by atoms with Gasteiger partial charge in [0.25, 0.3) is 0 Å². The molecule has 0 saturated heterocycles. The van der Waals surface area contributed by atoms with Crippen LogP contribution < -0.4 is 10.6 Å². The number of hydrogen-bond acceptors (Lipinski definition) is 3. The molecule has 2 N–H and O–H groups in total. The first kappa shape index (κ1) is 12.5. The minimum atomic E-state index is -0.00910. The van der Waals surface area contributed by atoms with Crippen LogP contribution in [0.5, 0.6) is 0 Å². The molecule has 0 amide bonds. The quantitative estimate of drug-likeness (QED) is 0.603. The zero-order chi connectivity index (χ0) is 12.0. The number of rotatable bonds is 3. The summed E-state index contributed by atoms with van der Waals surface area (Å²) in [7, 11) is 0. The minimum Gasteiger partial charge on any atom is -0.364 e. The van der Waals surface area contributed by atoms with Gasteiger partial charge >= 0.3 is 0 Å². The normalized spacial score (nSPS) is 12.6. The summed E-state index contributed by atoms with van der Waals surface area (Å²) < 4.78 is 4.75. The van der Waals surface area contributed by atoms with Crippen LogP contribution in [0, 0.1) is 0 Å². The largest absolute Gasteiger partial charge is 0.364 e. The second-order valence-electron chi connectivity index (χ2n) is 4.56. The first-order chi connectivity index (χ1) is 7.51. The minimum absolute atomic E-state index is 0.00910. The van der Waals surface area contributed by atoms with Crippen LogP contribution in [0.15, 0.2) is 21.8 Å². The number of nitrogens with one attached hydrogen (secondary N) is 2. The maximum Gasteiger partial charge on any atom is 0.192 e. The molecule has 0 atom stereocenters. The fourth-order valence-corrected chi connectivity index (χ4v) is 1.14. The molecule has 0 spiro atoms. The van der Waals surface area contributed by atoms with Crippen LogP contribution in [-0.2, 0) is 6.54 Å². The Bertz CT molecular complexity index is 324. The number of guanidine groups is 1. The lowest BCUT2D eigenvalue weighted by atomic mass is 10.1. The van der Waals surface area contributed by atoms with Gasteiger partial charge in [0, 0.05) is 18.2 Å². The van der Waals surface area contributed by atoms with Gasteiger partial charge in [-0.3, -0.25) is 0 Å². The highest BCUT2D eigenvalue weighted by atomic mass is 16.5. The molecule has 90 valence electrons. The molecule has 0 aliphatic carbocycles. The Kier molecular flexibility index (Phi) is 4.34. The lowest BCUT2D eigenvalue weighted by Gasteiger charge is -2.23. The molecule has 1 aromatic rings. The molecule has 0 saturated carbocycles. The topological polar surface area (TPSA) is 62.5 Å². The number of aromatic nitrogens is 1. The molecule has 0 aromatic carbocycles. The van der Waals surface area contributed by atoms with E-state index >= 15 is 0 Å². The fraction of sp³-hybridized carbons (Fsp3) is 0.636. The first-order valence-electron chi connectivity index (χ1n) is 5.47. The summed E-state index contributed by atoms with van der Waals surface area (Å²) in [6, 6.07) is 1.81. The number of nitrogens with zero attached hydrogens (tertiary/aromatic N) is 2. The van der Waals surface area contributed by atoms with Crippen LogP contribution in [0.25, 0.3) is 0 Å². The average Bonchev–Trinajstić information content (AvgIpc) is 2.64. The first-order valence-corrected chi connectivity index (χ1v) is 5.47. The zero-order valence-electron chi connectivity index (χ0n) is 10.4. The van der Waals surface area contributed by atoms with E-state index in [0.29, 0.717) is 6.54 Å². The molecule has 0 radical (unpaired) electrons. The lowest BCUT2D eigenvalue weighted by Crippen LogP contribution is -2.47. The smallest absolute Gasteiger partial charge is 0.192 e. The third-order valence-electron chi connectivity index (χ3n) is 1.73. The lowest BCUT2D eigenvalue weighted by molar-refractivity contribution is 0.412. The Morgan fingerprint density at radius 2 is 2.25 bits per heavy atom. The summed E-state index contributed by atoms with van der Waals surface area (Å²) in [5.74, 6) is 0.790. The van der Waals surface area contributed by atoms with Crippen LogP contribution >= 0.6 is 0 Å². The molecule has 0 unspecified atom stereocenters. The molecular formula is C11H20N4O. The second-order valence-corrected chi connectivity index (χ2v) is 4.56. The third kappa shape index (κ3) is 4.82. The van der Waals surface area contributed by atoms with Crippen molar-refractivity contribution in [2.75, 3.05) is 6.54 Å². The van der Waals surface area contributed by atoms with Crippen LogP contribution in [-0.4, -0.2) is 23.2 Å². The molecule has 0 aliphatic rings. The van der Waals surface area contributed by atoms with Gasteiger partial charge in [-0.05, 0) is 27.7 Å². The van der Waals surface area contributed by atoms with Gasteiger partial charge in [0.2, 0.25) is 0 Å². The van der Waals surface area contributed by atoms with E-state index < -0.39 is 0 Å². The van der Waals surface area contributed by atoms with Gasteiger partial charge in [-0.2, -0.15) is 0 Å². The van der Waals surface area contributed by atoms with Crippen molar-refractivity contribution >= 4 is 5.96 Å². The van der Waals surface area contributed by atoms with E-state index in [-0.39, 0.29) is 5.54 Å². The molecule has 1 aromatic heterocycles. The number of aliphatic imine (C=N–C) groups is 1. The van der Waals surface area contributed by atoms with Crippen LogP contribution in [0.1, 0.15) is 33.4 Å². The standard InChI is InChI=1S/C11H20N4O/c1-5-12-10(14-11(2,3)4)13-8-9-6-7-16-15-9/h6-7H,5,8H2,1-4H3,(H2,12,13,14). The van der Waals surface area contributed by atoms with Gasteiger partial charge in [-0.1, -0.05) is 5.16 Å². The molecule has 16 heavy (non-hydrogen) atoms. The van der Waals surface area contributed by atoms with Gasteiger partial charge < -0.3 is 15.2 Å². The van der Waals surface area contributed by atoms with Crippen LogP contribution in [0.2, 0.25) is 0 Å². The van der Waals surface area contributed by atoms with E-state index in [4.69, 9.17) is 4.52 Å². The molecule has 1 heterocycles. The van der Waals surface area contributed by atoms with Crippen LogP contribution in [0.3, 0.4) is 0 Å². The van der Waals surface area contributed by atoms with Crippen molar-refractivity contribution in [1.82, 2.24) is 15.8 Å². The Hall–Kier alpha value is -1.52. The number of hydrogen-bond donors (Lipinski definition) is 2. The maximum absolute atomic E-state index is 4.75. The third-order valence-corrected chi connectivity index (χ3v) is 1.73. The summed E-state index contributed by atoms with van der Waals surface area (Å²) in [4.78, 5) is 4.41. The monoisotopic (exact) mass is 224 g/mol. The summed E-state index contributed by atoms with van der Waals surface area (Å²) in [5, 5.41) is 10.3. The molecule has 1 rings (SSSR count). The van der Waals surface area contributed by atoms with Crippen molar-refractivity contribution in [3.63, 3.8) is 0 Å². The summed E-state index contributed by atoms with van der Waals surface area (Å²) in [6.45, 7) is 9.67. The highest BCUT2D eigenvalue weighted by Gasteiger charge is 2.11. The molecule has 0 bridgehead atoms. The van der Waals surface area contributed by atoms with Crippen LogP contribution in [0.4, 0.5) is 0 Å². The zero-order valence-corrected chi connectivity index (χ0v) is 10.4. The van der Waals surface area contributed by atoms with Crippen molar-refractivity contribution in [3.05, 3.63) is 18.0 Å². The summed E-state index contributed by atoms with van der Waals surface area (Å²) in [5.41, 5.74) is 0.816. The Morgan fingerprint density at radius 3 is 2.75 bits per heavy atom. The molecular weight excluding hydrogens is 204 g/mol. The average molecular weight is 224 g/mol. The Labute approximate surface area is 96.3 Å². The van der Waals surface area contributed by atoms with Gasteiger partial charge in [0.1, 0.15) is 12.0 Å². The molecule has 5 nitrogen and oxygen atoms in total. The van der Waals surface area contributed by atoms with E-state index in [9.17, 15) is 0 Å². The summed E-state index contributed by atoms with van der Waals surface area (Å²) in [6.07, 6.45) is 1.55. The Balaban J connectivity index is 2.58. The fourth-order valence-electron chi connectivity index (χ4n) is 1.14. The van der Waals surface area contributed by atoms with Crippen molar-refractivity contribution in [1.29, 1.82) is 0 Å². The van der Waals surface area contributed by atoms with Crippen molar-refractivity contribution in [2.24, 2.45) is 4.99 Å². The van der Waals surface area contributed by atoms with Gasteiger partial charge in [0.15, 0.2) is 5.96 Å². The van der Waals surface area contributed by atoms with Crippen molar-refractivity contribution in [3.8, 4) is 0 Å². The van der Waals surface area contributed by atoms with Gasteiger partial charge in [-0.25, -0.2) is 4.99 Å². The molecule has 0 aliphatic heterocycles. The van der Waals surface area contributed by atoms with E-state index in [1.807, 2.05) is 13.0 Å². The molecule has 0 fully saturated rings.